The Hall–Kier alpha value is -3.20. The molecule has 0 unspecified atom stereocenters. The van der Waals surface area contributed by atoms with Gasteiger partial charge in [0.25, 0.3) is 0 Å². The van der Waals surface area contributed by atoms with Crippen molar-refractivity contribution in [3.63, 3.8) is 0 Å². The van der Waals surface area contributed by atoms with Crippen LogP contribution in [0.15, 0.2) is 78.9 Å². The lowest BCUT2D eigenvalue weighted by Gasteiger charge is -2.16. The fraction of sp³-hybridized carbons (Fsp3) is 0.167. The fourth-order valence-electron chi connectivity index (χ4n) is 2.57. The van der Waals surface area contributed by atoms with E-state index in [0.29, 0.717) is 16.9 Å². The maximum absolute atomic E-state index is 12.8. The van der Waals surface area contributed by atoms with E-state index in [-0.39, 0.29) is 11.8 Å². The van der Waals surface area contributed by atoms with Crippen LogP contribution >= 0.6 is 0 Å². The molecule has 3 nitrogen and oxygen atoms in total. The molecule has 0 atom stereocenters. The quantitative estimate of drug-likeness (QED) is 0.349. The molecule has 3 heteroatoms. The van der Waals surface area contributed by atoms with Gasteiger partial charge in [0.15, 0.2) is 5.78 Å². The van der Waals surface area contributed by atoms with E-state index < -0.39 is 5.41 Å². The van der Waals surface area contributed by atoms with Gasteiger partial charge in [0, 0.05) is 11.1 Å². The Kier molecular flexibility index (Phi) is 5.22. The molecule has 0 aliphatic carbocycles. The Morgan fingerprint density at radius 3 is 1.96 bits per heavy atom. The van der Waals surface area contributed by atoms with E-state index in [1.54, 1.807) is 45.0 Å². The summed E-state index contributed by atoms with van der Waals surface area (Å²) in [5, 5.41) is 0. The highest BCUT2D eigenvalue weighted by Crippen LogP contribution is 2.23. The largest absolute Gasteiger partial charge is 0.426 e. The van der Waals surface area contributed by atoms with Crippen LogP contribution < -0.4 is 4.74 Å². The van der Waals surface area contributed by atoms with Gasteiger partial charge in [-0.2, -0.15) is 0 Å². The molecule has 0 radical (unpaired) electrons. The van der Waals surface area contributed by atoms with Crippen LogP contribution in [0, 0.1) is 5.41 Å². The Balaban J connectivity index is 1.80. The monoisotopic (exact) mass is 358 g/mol. The molecule has 3 aromatic carbocycles. The normalized spacial score (nSPS) is 11.1. The Morgan fingerprint density at radius 2 is 1.33 bits per heavy atom. The molecule has 0 aliphatic heterocycles. The second-order valence-electron chi connectivity index (χ2n) is 7.44. The average molecular weight is 358 g/mol. The van der Waals surface area contributed by atoms with Crippen LogP contribution in [0.3, 0.4) is 0 Å². The van der Waals surface area contributed by atoms with Gasteiger partial charge in [0.05, 0.1) is 5.41 Å². The van der Waals surface area contributed by atoms with Crippen LogP contribution in [-0.2, 0) is 4.79 Å². The number of rotatable bonds is 4. The molecule has 0 fully saturated rings. The molecule has 0 aromatic heterocycles. The lowest BCUT2D eigenvalue weighted by Crippen LogP contribution is -2.25. The lowest BCUT2D eigenvalue weighted by molar-refractivity contribution is -0.143. The molecule has 136 valence electrons. The first kappa shape index (κ1) is 18.6. The third kappa shape index (κ3) is 4.50. The summed E-state index contributed by atoms with van der Waals surface area (Å²) in [6.45, 7) is 5.37. The van der Waals surface area contributed by atoms with Gasteiger partial charge >= 0.3 is 5.97 Å². The summed E-state index contributed by atoms with van der Waals surface area (Å²) < 4.78 is 5.39. The smallest absolute Gasteiger partial charge is 0.316 e. The summed E-state index contributed by atoms with van der Waals surface area (Å²) in [6, 6.07) is 24.2. The SMILES string of the molecule is CC(C)(C)C(=O)Oc1cccc(C(=O)c2ccc(-c3ccccc3)cc2)c1. The van der Waals surface area contributed by atoms with Gasteiger partial charge < -0.3 is 4.74 Å². The molecule has 3 rings (SSSR count). The minimum Gasteiger partial charge on any atom is -0.426 e. The lowest BCUT2D eigenvalue weighted by atomic mass is 9.97. The van der Waals surface area contributed by atoms with Crippen molar-refractivity contribution in [3.8, 4) is 16.9 Å². The van der Waals surface area contributed by atoms with Gasteiger partial charge in [-0.1, -0.05) is 66.7 Å². The zero-order valence-corrected chi connectivity index (χ0v) is 15.7. The summed E-state index contributed by atoms with van der Waals surface area (Å²) in [4.78, 5) is 24.8. The Morgan fingerprint density at radius 1 is 0.704 bits per heavy atom. The molecule has 0 heterocycles. The van der Waals surface area contributed by atoms with Crippen LogP contribution in [0.1, 0.15) is 36.7 Å². The minimum atomic E-state index is -0.604. The van der Waals surface area contributed by atoms with Gasteiger partial charge in [0.2, 0.25) is 0 Å². The van der Waals surface area contributed by atoms with Crippen molar-refractivity contribution in [1.82, 2.24) is 0 Å². The van der Waals surface area contributed by atoms with Crippen molar-refractivity contribution in [3.05, 3.63) is 90.0 Å². The van der Waals surface area contributed by atoms with Crippen molar-refractivity contribution in [2.24, 2.45) is 5.41 Å². The van der Waals surface area contributed by atoms with E-state index in [2.05, 4.69) is 0 Å². The van der Waals surface area contributed by atoms with Gasteiger partial charge in [-0.3, -0.25) is 9.59 Å². The zero-order chi connectivity index (χ0) is 19.4. The molecule has 27 heavy (non-hydrogen) atoms. The first-order chi connectivity index (χ1) is 12.8. The highest BCUT2D eigenvalue weighted by Gasteiger charge is 2.24. The van der Waals surface area contributed by atoms with Gasteiger partial charge in [-0.25, -0.2) is 0 Å². The maximum atomic E-state index is 12.8. The maximum Gasteiger partial charge on any atom is 0.316 e. The van der Waals surface area contributed by atoms with Crippen LogP contribution in [0.5, 0.6) is 5.75 Å². The number of ketones is 1. The average Bonchev–Trinajstić information content (AvgIpc) is 2.68. The third-order valence-corrected chi connectivity index (χ3v) is 4.17. The van der Waals surface area contributed by atoms with E-state index in [4.69, 9.17) is 4.74 Å². The number of carbonyl (C=O) groups is 2. The van der Waals surface area contributed by atoms with E-state index in [1.807, 2.05) is 54.6 Å². The third-order valence-electron chi connectivity index (χ3n) is 4.17. The summed E-state index contributed by atoms with van der Waals surface area (Å²) in [5.41, 5.74) is 2.64. The summed E-state index contributed by atoms with van der Waals surface area (Å²) >= 11 is 0. The second-order valence-corrected chi connectivity index (χ2v) is 7.44. The number of ether oxygens (including phenoxy) is 1. The number of carbonyl (C=O) groups excluding carboxylic acids is 2. The summed E-state index contributed by atoms with van der Waals surface area (Å²) in [7, 11) is 0. The molecule has 0 amide bonds. The first-order valence-electron chi connectivity index (χ1n) is 8.87. The molecule has 3 aromatic rings. The Bertz CT molecular complexity index is 949. The molecular formula is C24H22O3. The van der Waals surface area contributed by atoms with Crippen molar-refractivity contribution >= 4 is 11.8 Å². The molecule has 0 spiro atoms. The highest BCUT2D eigenvalue weighted by atomic mass is 16.5. The van der Waals surface area contributed by atoms with E-state index in [9.17, 15) is 9.59 Å². The fourth-order valence-corrected chi connectivity index (χ4v) is 2.57. The molecule has 0 saturated carbocycles. The number of esters is 1. The zero-order valence-electron chi connectivity index (χ0n) is 15.7. The van der Waals surface area contributed by atoms with Crippen molar-refractivity contribution in [1.29, 1.82) is 0 Å². The summed E-state index contributed by atoms with van der Waals surface area (Å²) in [5.74, 6) is -0.0655. The second kappa shape index (κ2) is 7.58. The minimum absolute atomic E-state index is 0.108. The Labute approximate surface area is 159 Å². The van der Waals surface area contributed by atoms with Gasteiger partial charge in [-0.15, -0.1) is 0 Å². The van der Waals surface area contributed by atoms with Crippen LogP contribution in [0.25, 0.3) is 11.1 Å². The van der Waals surface area contributed by atoms with Crippen LogP contribution in [0.2, 0.25) is 0 Å². The molecule has 0 aliphatic rings. The number of benzene rings is 3. The summed E-state index contributed by atoms with van der Waals surface area (Å²) in [6.07, 6.45) is 0. The topological polar surface area (TPSA) is 43.4 Å². The molecular weight excluding hydrogens is 336 g/mol. The predicted octanol–water partition coefficient (Wildman–Crippen LogP) is 5.54. The van der Waals surface area contributed by atoms with E-state index in [1.165, 1.54) is 0 Å². The molecule has 0 saturated heterocycles. The van der Waals surface area contributed by atoms with Crippen LogP contribution in [0.4, 0.5) is 0 Å². The van der Waals surface area contributed by atoms with Gasteiger partial charge in [-0.05, 0) is 44.0 Å². The van der Waals surface area contributed by atoms with Crippen molar-refractivity contribution in [2.45, 2.75) is 20.8 Å². The number of hydrogen-bond acceptors (Lipinski definition) is 3. The molecule has 0 N–H and O–H groups in total. The first-order valence-corrected chi connectivity index (χ1v) is 8.87. The van der Waals surface area contributed by atoms with E-state index in [0.717, 1.165) is 11.1 Å². The number of hydrogen-bond donors (Lipinski definition) is 0. The van der Waals surface area contributed by atoms with Gasteiger partial charge in [0.1, 0.15) is 5.75 Å². The van der Waals surface area contributed by atoms with E-state index >= 15 is 0 Å². The molecule has 0 bridgehead atoms. The van der Waals surface area contributed by atoms with Crippen molar-refractivity contribution < 1.29 is 14.3 Å². The van der Waals surface area contributed by atoms with Crippen molar-refractivity contribution in [2.75, 3.05) is 0 Å². The van der Waals surface area contributed by atoms with Crippen LogP contribution in [-0.4, -0.2) is 11.8 Å². The highest BCUT2D eigenvalue weighted by molar-refractivity contribution is 6.09. The predicted molar refractivity (Wildman–Crippen MR) is 107 cm³/mol. The standard InChI is InChI=1S/C24H22O3/c1-24(2,3)23(26)27-21-11-7-10-20(16-21)22(25)19-14-12-18(13-15-19)17-8-5-4-6-9-17/h4-16H,1-3H3.